The van der Waals surface area contributed by atoms with Gasteiger partial charge in [0, 0.05) is 23.9 Å². The predicted molar refractivity (Wildman–Crippen MR) is 86.3 cm³/mol. The average Bonchev–Trinajstić information content (AvgIpc) is 3.00. The zero-order chi connectivity index (χ0) is 15.5. The van der Waals surface area contributed by atoms with Crippen molar-refractivity contribution in [2.45, 2.75) is 27.2 Å². The third-order valence-corrected chi connectivity index (χ3v) is 3.46. The molecule has 3 rings (SSSR count). The number of fused-ring (bicyclic) bond motifs is 1. The van der Waals surface area contributed by atoms with Crippen molar-refractivity contribution in [1.29, 1.82) is 0 Å². The highest BCUT2D eigenvalue weighted by molar-refractivity contribution is 5.63. The summed E-state index contributed by atoms with van der Waals surface area (Å²) in [5.74, 6) is 3.67. The lowest BCUT2D eigenvalue weighted by Crippen LogP contribution is -2.10. The Bertz CT molecular complexity index is 671. The first-order valence-electron chi connectivity index (χ1n) is 7.67. The maximum absolute atomic E-state index is 5.43. The van der Waals surface area contributed by atoms with E-state index in [1.54, 1.807) is 0 Å². The summed E-state index contributed by atoms with van der Waals surface area (Å²) in [7, 11) is 0. The normalized spacial score (nSPS) is 12.7. The fourth-order valence-electron chi connectivity index (χ4n) is 2.24. The van der Waals surface area contributed by atoms with Gasteiger partial charge in [-0.15, -0.1) is 0 Å². The Morgan fingerprint density at radius 2 is 1.95 bits per heavy atom. The molecule has 2 aromatic rings. The second kappa shape index (κ2) is 6.22. The monoisotopic (exact) mass is 299 g/mol. The van der Waals surface area contributed by atoms with Crippen LogP contribution in [0.4, 0.5) is 5.82 Å². The SMILES string of the molecule is CCc1cc(NCC(C)C)nc(-c2ccc3c(c2)OCO3)n1. The number of rotatable bonds is 5. The number of nitrogens with zero attached hydrogens (tertiary/aromatic N) is 2. The molecule has 0 fully saturated rings. The van der Waals surface area contributed by atoms with Gasteiger partial charge in [-0.05, 0) is 30.5 Å². The van der Waals surface area contributed by atoms with Crippen molar-refractivity contribution in [1.82, 2.24) is 9.97 Å². The number of benzene rings is 1. The lowest BCUT2D eigenvalue weighted by Gasteiger charge is -2.11. The van der Waals surface area contributed by atoms with Crippen molar-refractivity contribution in [3.8, 4) is 22.9 Å². The molecule has 1 aromatic heterocycles. The Morgan fingerprint density at radius 1 is 1.14 bits per heavy atom. The van der Waals surface area contributed by atoms with Crippen LogP contribution < -0.4 is 14.8 Å². The molecule has 116 valence electrons. The minimum atomic E-state index is 0.274. The summed E-state index contributed by atoms with van der Waals surface area (Å²) in [5.41, 5.74) is 1.96. The van der Waals surface area contributed by atoms with Crippen LogP contribution in [-0.4, -0.2) is 23.3 Å². The van der Waals surface area contributed by atoms with Gasteiger partial charge >= 0.3 is 0 Å². The summed E-state index contributed by atoms with van der Waals surface area (Å²) in [4.78, 5) is 9.26. The van der Waals surface area contributed by atoms with Crippen LogP contribution in [0.5, 0.6) is 11.5 Å². The van der Waals surface area contributed by atoms with Crippen molar-refractivity contribution in [2.24, 2.45) is 5.92 Å². The second-order valence-corrected chi connectivity index (χ2v) is 5.76. The molecule has 0 amide bonds. The standard InChI is InChI=1S/C17H21N3O2/c1-4-13-8-16(18-9-11(2)3)20-17(19-13)12-5-6-14-15(7-12)22-10-21-14/h5-8,11H,4,9-10H2,1-3H3,(H,18,19,20). The average molecular weight is 299 g/mol. The van der Waals surface area contributed by atoms with Gasteiger partial charge in [-0.2, -0.15) is 0 Å². The van der Waals surface area contributed by atoms with Gasteiger partial charge in [0.05, 0.1) is 0 Å². The first-order chi connectivity index (χ1) is 10.7. The van der Waals surface area contributed by atoms with Crippen LogP contribution in [0.3, 0.4) is 0 Å². The lowest BCUT2D eigenvalue weighted by molar-refractivity contribution is 0.174. The summed E-state index contributed by atoms with van der Waals surface area (Å²) in [6.07, 6.45) is 0.871. The van der Waals surface area contributed by atoms with Crippen molar-refractivity contribution >= 4 is 5.82 Å². The Balaban J connectivity index is 1.93. The molecule has 1 N–H and O–H groups in total. The molecular weight excluding hydrogens is 278 g/mol. The number of ether oxygens (including phenoxy) is 2. The largest absolute Gasteiger partial charge is 0.454 e. The minimum Gasteiger partial charge on any atom is -0.454 e. The van der Waals surface area contributed by atoms with E-state index in [0.29, 0.717) is 11.7 Å². The highest BCUT2D eigenvalue weighted by Gasteiger charge is 2.15. The third kappa shape index (κ3) is 3.13. The van der Waals surface area contributed by atoms with Crippen LogP contribution in [0.1, 0.15) is 26.5 Å². The van der Waals surface area contributed by atoms with Gasteiger partial charge in [0.25, 0.3) is 0 Å². The maximum Gasteiger partial charge on any atom is 0.231 e. The van der Waals surface area contributed by atoms with Crippen molar-refractivity contribution < 1.29 is 9.47 Å². The summed E-state index contributed by atoms with van der Waals surface area (Å²) in [6.45, 7) is 7.61. The van der Waals surface area contributed by atoms with Crippen molar-refractivity contribution in [3.05, 3.63) is 30.0 Å². The summed E-state index contributed by atoms with van der Waals surface area (Å²) < 4.78 is 10.8. The Kier molecular flexibility index (Phi) is 4.13. The Hall–Kier alpha value is -2.30. The molecule has 1 aliphatic heterocycles. The molecule has 2 heterocycles. The number of aromatic nitrogens is 2. The molecule has 0 saturated carbocycles. The maximum atomic E-state index is 5.43. The van der Waals surface area contributed by atoms with Gasteiger partial charge < -0.3 is 14.8 Å². The van der Waals surface area contributed by atoms with E-state index in [0.717, 1.165) is 41.5 Å². The first kappa shape index (κ1) is 14.6. The van der Waals surface area contributed by atoms with Gasteiger partial charge in [-0.3, -0.25) is 0 Å². The number of hydrogen-bond donors (Lipinski definition) is 1. The molecule has 0 spiro atoms. The summed E-state index contributed by atoms with van der Waals surface area (Å²) >= 11 is 0. The van der Waals surface area contributed by atoms with Gasteiger partial charge in [0.1, 0.15) is 5.82 Å². The Labute approximate surface area is 130 Å². The molecule has 0 saturated heterocycles. The number of nitrogens with one attached hydrogen (secondary N) is 1. The highest BCUT2D eigenvalue weighted by atomic mass is 16.7. The quantitative estimate of drug-likeness (QED) is 0.915. The molecular formula is C17H21N3O2. The van der Waals surface area contributed by atoms with Gasteiger partial charge in [0.15, 0.2) is 17.3 Å². The van der Waals surface area contributed by atoms with Crippen LogP contribution in [-0.2, 0) is 6.42 Å². The highest BCUT2D eigenvalue weighted by Crippen LogP contribution is 2.35. The zero-order valence-corrected chi connectivity index (χ0v) is 13.2. The summed E-state index contributed by atoms with van der Waals surface area (Å²) in [6, 6.07) is 7.82. The van der Waals surface area contributed by atoms with E-state index in [2.05, 4.69) is 36.1 Å². The van der Waals surface area contributed by atoms with E-state index in [4.69, 9.17) is 9.47 Å². The second-order valence-electron chi connectivity index (χ2n) is 5.76. The molecule has 0 bridgehead atoms. The smallest absolute Gasteiger partial charge is 0.231 e. The van der Waals surface area contributed by atoms with Gasteiger partial charge in [-0.1, -0.05) is 20.8 Å². The van der Waals surface area contributed by atoms with Gasteiger partial charge in [-0.25, -0.2) is 9.97 Å². The molecule has 0 atom stereocenters. The van der Waals surface area contributed by atoms with Crippen LogP contribution in [0.2, 0.25) is 0 Å². The third-order valence-electron chi connectivity index (χ3n) is 3.46. The molecule has 0 aliphatic carbocycles. The van der Waals surface area contributed by atoms with Crippen LogP contribution in [0.25, 0.3) is 11.4 Å². The molecule has 0 unspecified atom stereocenters. The molecule has 5 nitrogen and oxygen atoms in total. The van der Waals surface area contributed by atoms with E-state index < -0.39 is 0 Å². The minimum absolute atomic E-state index is 0.274. The summed E-state index contributed by atoms with van der Waals surface area (Å²) in [5, 5.41) is 3.37. The van der Waals surface area contributed by atoms with Crippen LogP contribution in [0.15, 0.2) is 24.3 Å². The fourth-order valence-corrected chi connectivity index (χ4v) is 2.24. The molecule has 0 radical (unpaired) electrons. The molecule has 1 aromatic carbocycles. The number of hydrogen-bond acceptors (Lipinski definition) is 5. The van der Waals surface area contributed by atoms with E-state index in [9.17, 15) is 0 Å². The van der Waals surface area contributed by atoms with Crippen molar-refractivity contribution in [2.75, 3.05) is 18.7 Å². The van der Waals surface area contributed by atoms with Crippen molar-refractivity contribution in [3.63, 3.8) is 0 Å². The number of anilines is 1. The molecule has 22 heavy (non-hydrogen) atoms. The fraction of sp³-hybridized carbons (Fsp3) is 0.412. The number of aryl methyl sites for hydroxylation is 1. The van der Waals surface area contributed by atoms with Gasteiger partial charge in [0.2, 0.25) is 6.79 Å². The topological polar surface area (TPSA) is 56.3 Å². The lowest BCUT2D eigenvalue weighted by atomic mass is 10.1. The van der Waals surface area contributed by atoms with E-state index in [1.807, 2.05) is 24.3 Å². The van der Waals surface area contributed by atoms with Crippen LogP contribution >= 0.6 is 0 Å². The molecule has 5 heteroatoms. The van der Waals surface area contributed by atoms with Crippen LogP contribution in [0, 0.1) is 5.92 Å². The van der Waals surface area contributed by atoms with E-state index in [1.165, 1.54) is 0 Å². The first-order valence-corrected chi connectivity index (χ1v) is 7.67. The Morgan fingerprint density at radius 3 is 2.73 bits per heavy atom. The molecule has 1 aliphatic rings. The zero-order valence-electron chi connectivity index (χ0n) is 13.2. The van der Waals surface area contributed by atoms with E-state index in [-0.39, 0.29) is 6.79 Å². The predicted octanol–water partition coefficient (Wildman–Crippen LogP) is 3.50. The van der Waals surface area contributed by atoms with E-state index >= 15 is 0 Å².